The molecule has 0 saturated carbocycles. The summed E-state index contributed by atoms with van der Waals surface area (Å²) in [6, 6.07) is 0. The van der Waals surface area contributed by atoms with Gasteiger partial charge in [0.25, 0.3) is 0 Å². The van der Waals surface area contributed by atoms with E-state index in [-0.39, 0.29) is 11.6 Å². The lowest BCUT2D eigenvalue weighted by Gasteiger charge is -2.37. The van der Waals surface area contributed by atoms with Crippen molar-refractivity contribution in [1.82, 2.24) is 0 Å². The third kappa shape index (κ3) is 4.47. The SMILES string of the molecule is C=C[C@@H](O)[C@@H](O)CO[Si](C)(C)C(C)(C)C. The molecule has 0 heterocycles. The first-order valence-corrected chi connectivity index (χ1v) is 8.15. The molecule has 3 nitrogen and oxygen atoms in total. The van der Waals surface area contributed by atoms with Crippen LogP contribution in [0.25, 0.3) is 0 Å². The summed E-state index contributed by atoms with van der Waals surface area (Å²) in [5, 5.41) is 18.9. The molecule has 0 aliphatic rings. The molecule has 0 aromatic heterocycles. The summed E-state index contributed by atoms with van der Waals surface area (Å²) in [5.41, 5.74) is 0. The van der Waals surface area contributed by atoms with E-state index in [4.69, 9.17) is 4.43 Å². The van der Waals surface area contributed by atoms with Gasteiger partial charge in [-0.2, -0.15) is 0 Å². The van der Waals surface area contributed by atoms with Gasteiger partial charge >= 0.3 is 0 Å². The molecule has 0 aromatic carbocycles. The van der Waals surface area contributed by atoms with Gasteiger partial charge in [-0.05, 0) is 18.1 Å². The molecule has 0 saturated heterocycles. The second-order valence-electron chi connectivity index (χ2n) is 5.36. The lowest BCUT2D eigenvalue weighted by molar-refractivity contribution is 0.0131. The topological polar surface area (TPSA) is 49.7 Å². The zero-order chi connectivity index (χ0) is 12.3. The first-order valence-electron chi connectivity index (χ1n) is 5.24. The van der Waals surface area contributed by atoms with E-state index in [2.05, 4.69) is 40.4 Å². The molecule has 4 heteroatoms. The zero-order valence-corrected chi connectivity index (χ0v) is 11.4. The minimum atomic E-state index is -1.83. The molecule has 0 amide bonds. The Morgan fingerprint density at radius 3 is 2.13 bits per heavy atom. The summed E-state index contributed by atoms with van der Waals surface area (Å²) >= 11 is 0. The highest BCUT2D eigenvalue weighted by molar-refractivity contribution is 6.74. The first kappa shape index (κ1) is 14.8. The summed E-state index contributed by atoms with van der Waals surface area (Å²) in [5.74, 6) is 0. The summed E-state index contributed by atoms with van der Waals surface area (Å²) < 4.78 is 5.76. The van der Waals surface area contributed by atoms with Crippen molar-refractivity contribution in [2.24, 2.45) is 0 Å². The van der Waals surface area contributed by atoms with Crippen LogP contribution >= 0.6 is 0 Å². The Labute approximate surface area is 93.9 Å². The van der Waals surface area contributed by atoms with Gasteiger partial charge in [-0.25, -0.2) is 0 Å². The van der Waals surface area contributed by atoms with Crippen molar-refractivity contribution in [3.8, 4) is 0 Å². The zero-order valence-electron chi connectivity index (χ0n) is 10.4. The van der Waals surface area contributed by atoms with E-state index < -0.39 is 20.5 Å². The third-order valence-electron chi connectivity index (χ3n) is 3.06. The monoisotopic (exact) mass is 232 g/mol. The van der Waals surface area contributed by atoms with Crippen LogP contribution < -0.4 is 0 Å². The van der Waals surface area contributed by atoms with Crippen LogP contribution in [0.1, 0.15) is 20.8 Å². The van der Waals surface area contributed by atoms with Gasteiger partial charge < -0.3 is 14.6 Å². The molecule has 2 N–H and O–H groups in total. The van der Waals surface area contributed by atoms with Gasteiger partial charge in [0.05, 0.1) is 12.7 Å². The highest BCUT2D eigenvalue weighted by atomic mass is 28.4. The Balaban J connectivity index is 4.21. The van der Waals surface area contributed by atoms with Crippen molar-refractivity contribution >= 4 is 8.32 Å². The average molecular weight is 232 g/mol. The van der Waals surface area contributed by atoms with E-state index in [1.807, 2.05) is 0 Å². The Kier molecular flexibility index (Phi) is 5.19. The second kappa shape index (κ2) is 5.25. The normalized spacial score (nSPS) is 17.3. The van der Waals surface area contributed by atoms with Crippen molar-refractivity contribution in [3.63, 3.8) is 0 Å². The largest absolute Gasteiger partial charge is 0.414 e. The Bertz CT molecular complexity index is 208. The van der Waals surface area contributed by atoms with E-state index in [1.165, 1.54) is 6.08 Å². The number of hydrogen-bond donors (Lipinski definition) is 2. The molecule has 0 bridgehead atoms. The van der Waals surface area contributed by atoms with Gasteiger partial charge in [-0.3, -0.25) is 0 Å². The van der Waals surface area contributed by atoms with Gasteiger partial charge in [0.2, 0.25) is 0 Å². The minimum Gasteiger partial charge on any atom is -0.414 e. The fourth-order valence-electron chi connectivity index (χ4n) is 0.766. The number of rotatable bonds is 5. The van der Waals surface area contributed by atoms with Crippen molar-refractivity contribution in [3.05, 3.63) is 12.7 Å². The number of aliphatic hydroxyl groups is 2. The van der Waals surface area contributed by atoms with Crippen LogP contribution in [-0.4, -0.2) is 37.3 Å². The van der Waals surface area contributed by atoms with E-state index >= 15 is 0 Å². The molecular weight excluding hydrogens is 208 g/mol. The average Bonchev–Trinajstić information content (AvgIpc) is 2.11. The second-order valence-corrected chi connectivity index (χ2v) is 10.2. The molecule has 0 rings (SSSR count). The van der Waals surface area contributed by atoms with Crippen molar-refractivity contribution in [2.45, 2.75) is 51.1 Å². The summed E-state index contributed by atoms with van der Waals surface area (Å²) in [6.45, 7) is 14.2. The van der Waals surface area contributed by atoms with Crippen molar-refractivity contribution in [1.29, 1.82) is 0 Å². The predicted molar refractivity (Wildman–Crippen MR) is 65.4 cm³/mol. The van der Waals surface area contributed by atoms with Crippen molar-refractivity contribution < 1.29 is 14.6 Å². The number of aliphatic hydroxyl groups excluding tert-OH is 2. The highest BCUT2D eigenvalue weighted by Crippen LogP contribution is 2.36. The van der Waals surface area contributed by atoms with Crippen LogP contribution in [0.5, 0.6) is 0 Å². The van der Waals surface area contributed by atoms with E-state index in [0.29, 0.717) is 0 Å². The Morgan fingerprint density at radius 2 is 1.80 bits per heavy atom. The molecule has 15 heavy (non-hydrogen) atoms. The molecule has 0 spiro atoms. The molecule has 0 aliphatic heterocycles. The van der Waals surface area contributed by atoms with Gasteiger partial charge in [-0.1, -0.05) is 26.8 Å². The molecular formula is C11H24O3Si. The lowest BCUT2D eigenvalue weighted by atomic mass is 10.2. The summed E-state index contributed by atoms with van der Waals surface area (Å²) in [7, 11) is -1.83. The fraction of sp³-hybridized carbons (Fsp3) is 0.818. The fourth-order valence-corrected chi connectivity index (χ4v) is 1.79. The van der Waals surface area contributed by atoms with E-state index in [9.17, 15) is 10.2 Å². The molecule has 0 unspecified atom stereocenters. The Morgan fingerprint density at radius 1 is 1.33 bits per heavy atom. The van der Waals surface area contributed by atoms with Gasteiger partial charge in [0, 0.05) is 0 Å². The van der Waals surface area contributed by atoms with Gasteiger partial charge in [0.1, 0.15) is 6.10 Å². The third-order valence-corrected chi connectivity index (χ3v) is 7.56. The maximum absolute atomic E-state index is 9.52. The summed E-state index contributed by atoms with van der Waals surface area (Å²) in [6.07, 6.45) is -0.467. The van der Waals surface area contributed by atoms with Crippen LogP contribution in [0.4, 0.5) is 0 Å². The lowest BCUT2D eigenvalue weighted by Crippen LogP contribution is -2.44. The maximum atomic E-state index is 9.52. The van der Waals surface area contributed by atoms with E-state index in [1.54, 1.807) is 0 Å². The molecule has 0 fully saturated rings. The van der Waals surface area contributed by atoms with Crippen molar-refractivity contribution in [2.75, 3.05) is 6.61 Å². The first-order chi connectivity index (χ1) is 6.62. The van der Waals surface area contributed by atoms with E-state index in [0.717, 1.165) is 0 Å². The molecule has 0 aromatic rings. The minimum absolute atomic E-state index is 0.117. The van der Waals surface area contributed by atoms with Crippen LogP contribution in [0.15, 0.2) is 12.7 Å². The molecule has 0 radical (unpaired) electrons. The highest BCUT2D eigenvalue weighted by Gasteiger charge is 2.37. The molecule has 90 valence electrons. The van der Waals surface area contributed by atoms with Crippen LogP contribution in [-0.2, 0) is 4.43 Å². The van der Waals surface area contributed by atoms with Crippen LogP contribution in [0.2, 0.25) is 18.1 Å². The van der Waals surface area contributed by atoms with Gasteiger partial charge in [0.15, 0.2) is 8.32 Å². The maximum Gasteiger partial charge on any atom is 0.192 e. The number of hydrogen-bond acceptors (Lipinski definition) is 3. The molecule has 2 atom stereocenters. The molecule has 0 aliphatic carbocycles. The van der Waals surface area contributed by atoms with Crippen LogP contribution in [0.3, 0.4) is 0 Å². The predicted octanol–water partition coefficient (Wildman–Crippen LogP) is 1.92. The van der Waals surface area contributed by atoms with Gasteiger partial charge in [-0.15, -0.1) is 6.58 Å². The Hall–Kier alpha value is -0.163. The van der Waals surface area contributed by atoms with Crippen LogP contribution in [0, 0.1) is 0 Å². The quantitative estimate of drug-likeness (QED) is 0.562. The smallest absolute Gasteiger partial charge is 0.192 e. The standard InChI is InChI=1S/C11H24O3Si/c1-7-9(12)10(13)8-14-15(5,6)11(2,3)4/h7,9-10,12-13H,1,8H2,2-6H3/t9-,10+/m1/s1. The summed E-state index contributed by atoms with van der Waals surface area (Å²) in [4.78, 5) is 0.